The van der Waals surface area contributed by atoms with Gasteiger partial charge in [-0.25, -0.2) is 0 Å². The van der Waals surface area contributed by atoms with Gasteiger partial charge in [0.25, 0.3) is 0 Å². The Morgan fingerprint density at radius 3 is 2.83 bits per heavy atom. The van der Waals surface area contributed by atoms with E-state index in [9.17, 15) is 0 Å². The molecule has 0 radical (unpaired) electrons. The summed E-state index contributed by atoms with van der Waals surface area (Å²) in [5, 5.41) is 12.1. The maximum absolute atomic E-state index is 8.65. The van der Waals surface area contributed by atoms with Crippen LogP contribution in [-0.4, -0.2) is 29.3 Å². The van der Waals surface area contributed by atoms with E-state index in [1.807, 2.05) is 12.1 Å². The first-order valence-corrected chi connectivity index (χ1v) is 6.80. The molecule has 0 amide bonds. The van der Waals surface area contributed by atoms with E-state index < -0.39 is 0 Å². The Bertz CT molecular complexity index is 336. The minimum Gasteiger partial charge on any atom is -0.492 e. The molecule has 0 unspecified atom stereocenters. The number of hydrogen-bond donors (Lipinski definition) is 2. The van der Waals surface area contributed by atoms with Crippen molar-refractivity contribution < 1.29 is 9.84 Å². The smallest absolute Gasteiger partial charge is 0.137 e. The SMILES string of the molecule is OCCCCCOc1ccc(CNC2CC2)nc1. The number of pyridine rings is 1. The maximum atomic E-state index is 8.65. The van der Waals surface area contributed by atoms with Gasteiger partial charge in [-0.05, 0) is 44.2 Å². The van der Waals surface area contributed by atoms with Crippen LogP contribution in [0.1, 0.15) is 37.8 Å². The Hall–Kier alpha value is -1.13. The molecule has 1 aliphatic carbocycles. The van der Waals surface area contributed by atoms with Gasteiger partial charge in [-0.2, -0.15) is 0 Å². The van der Waals surface area contributed by atoms with Crippen LogP contribution >= 0.6 is 0 Å². The fourth-order valence-corrected chi connectivity index (χ4v) is 1.72. The minimum absolute atomic E-state index is 0.268. The molecule has 2 rings (SSSR count). The maximum Gasteiger partial charge on any atom is 0.137 e. The highest BCUT2D eigenvalue weighted by Crippen LogP contribution is 2.19. The fraction of sp³-hybridized carbons (Fsp3) is 0.643. The van der Waals surface area contributed by atoms with E-state index >= 15 is 0 Å². The van der Waals surface area contributed by atoms with Crippen LogP contribution in [0.5, 0.6) is 5.75 Å². The van der Waals surface area contributed by atoms with E-state index in [4.69, 9.17) is 9.84 Å². The van der Waals surface area contributed by atoms with Gasteiger partial charge in [0.2, 0.25) is 0 Å². The highest BCUT2D eigenvalue weighted by Gasteiger charge is 2.19. The molecule has 1 saturated carbocycles. The number of nitrogens with zero attached hydrogens (tertiary/aromatic N) is 1. The van der Waals surface area contributed by atoms with Gasteiger partial charge in [-0.1, -0.05) is 0 Å². The van der Waals surface area contributed by atoms with Crippen molar-refractivity contribution in [3.8, 4) is 5.75 Å². The highest BCUT2D eigenvalue weighted by molar-refractivity contribution is 5.19. The molecule has 18 heavy (non-hydrogen) atoms. The van der Waals surface area contributed by atoms with Crippen molar-refractivity contribution >= 4 is 0 Å². The average Bonchev–Trinajstić information content (AvgIpc) is 3.22. The molecule has 4 nitrogen and oxygen atoms in total. The monoisotopic (exact) mass is 250 g/mol. The molecule has 2 N–H and O–H groups in total. The lowest BCUT2D eigenvalue weighted by Gasteiger charge is -2.07. The van der Waals surface area contributed by atoms with Gasteiger partial charge in [0.05, 0.1) is 18.5 Å². The van der Waals surface area contributed by atoms with Gasteiger partial charge >= 0.3 is 0 Å². The Morgan fingerprint density at radius 2 is 2.17 bits per heavy atom. The number of aromatic nitrogens is 1. The zero-order valence-electron chi connectivity index (χ0n) is 10.8. The summed E-state index contributed by atoms with van der Waals surface area (Å²) in [5.74, 6) is 0.828. The Morgan fingerprint density at radius 1 is 1.28 bits per heavy atom. The Kier molecular flexibility index (Phi) is 5.42. The lowest BCUT2D eigenvalue weighted by atomic mass is 10.2. The predicted octanol–water partition coefficient (Wildman–Crippen LogP) is 1.88. The summed E-state index contributed by atoms with van der Waals surface area (Å²) in [7, 11) is 0. The standard InChI is InChI=1S/C14H22N2O2/c17-8-2-1-3-9-18-14-7-6-13(16-11-14)10-15-12-4-5-12/h6-7,11-12,15,17H,1-5,8-10H2. The largest absolute Gasteiger partial charge is 0.492 e. The average molecular weight is 250 g/mol. The van der Waals surface area contributed by atoms with Gasteiger partial charge in [0, 0.05) is 19.2 Å². The molecule has 0 aromatic carbocycles. The van der Waals surface area contributed by atoms with Gasteiger partial charge < -0.3 is 15.2 Å². The molecule has 100 valence electrons. The van der Waals surface area contributed by atoms with Crippen LogP contribution in [0.4, 0.5) is 0 Å². The third kappa shape index (κ3) is 5.02. The number of aliphatic hydroxyl groups excluding tert-OH is 1. The topological polar surface area (TPSA) is 54.4 Å². The van der Waals surface area contributed by atoms with Crippen LogP contribution in [0.15, 0.2) is 18.3 Å². The second kappa shape index (κ2) is 7.34. The zero-order chi connectivity index (χ0) is 12.6. The predicted molar refractivity (Wildman–Crippen MR) is 70.5 cm³/mol. The number of ether oxygens (including phenoxy) is 1. The van der Waals surface area contributed by atoms with Crippen molar-refractivity contribution in [2.75, 3.05) is 13.2 Å². The van der Waals surface area contributed by atoms with Gasteiger partial charge in [0.15, 0.2) is 0 Å². The van der Waals surface area contributed by atoms with Crippen LogP contribution in [0, 0.1) is 0 Å². The molecule has 1 aromatic rings. The normalized spacial score (nSPS) is 14.7. The fourth-order valence-electron chi connectivity index (χ4n) is 1.72. The van der Waals surface area contributed by atoms with Gasteiger partial charge in [0.1, 0.15) is 5.75 Å². The Balaban J connectivity index is 1.63. The van der Waals surface area contributed by atoms with Crippen molar-refractivity contribution in [2.24, 2.45) is 0 Å². The molecule has 0 aliphatic heterocycles. The third-order valence-electron chi connectivity index (χ3n) is 3.02. The number of unbranched alkanes of at least 4 members (excludes halogenated alkanes) is 2. The molecule has 4 heteroatoms. The lowest BCUT2D eigenvalue weighted by molar-refractivity contribution is 0.265. The molecule has 0 spiro atoms. The van der Waals surface area contributed by atoms with E-state index in [2.05, 4.69) is 10.3 Å². The van der Waals surface area contributed by atoms with Crippen LogP contribution in [0.25, 0.3) is 0 Å². The molecule has 0 saturated heterocycles. The molecular formula is C14H22N2O2. The van der Waals surface area contributed by atoms with E-state index in [1.165, 1.54) is 12.8 Å². The number of rotatable bonds is 9. The van der Waals surface area contributed by atoms with Crippen LogP contribution in [0.2, 0.25) is 0 Å². The first-order chi connectivity index (χ1) is 8.88. The van der Waals surface area contributed by atoms with Crippen molar-refractivity contribution in [3.63, 3.8) is 0 Å². The summed E-state index contributed by atoms with van der Waals surface area (Å²) >= 11 is 0. The first kappa shape index (κ1) is 13.3. The molecule has 1 aromatic heterocycles. The summed E-state index contributed by atoms with van der Waals surface area (Å²) in [5.41, 5.74) is 1.06. The molecule has 1 fully saturated rings. The lowest BCUT2D eigenvalue weighted by Crippen LogP contribution is -2.16. The van der Waals surface area contributed by atoms with Crippen LogP contribution in [0.3, 0.4) is 0 Å². The van der Waals surface area contributed by atoms with Gasteiger partial charge in [-0.3, -0.25) is 4.98 Å². The van der Waals surface area contributed by atoms with Gasteiger partial charge in [-0.15, -0.1) is 0 Å². The quantitative estimate of drug-likeness (QED) is 0.657. The molecular weight excluding hydrogens is 228 g/mol. The Labute approximate surface area is 108 Å². The van der Waals surface area contributed by atoms with Crippen molar-refractivity contribution in [2.45, 2.75) is 44.7 Å². The summed E-state index contributed by atoms with van der Waals surface area (Å²) in [6.45, 7) is 1.81. The van der Waals surface area contributed by atoms with Crippen molar-refractivity contribution in [1.82, 2.24) is 10.3 Å². The summed E-state index contributed by atoms with van der Waals surface area (Å²) in [6.07, 6.45) is 7.23. The number of nitrogens with one attached hydrogen (secondary N) is 1. The number of hydrogen-bond acceptors (Lipinski definition) is 4. The zero-order valence-corrected chi connectivity index (χ0v) is 10.8. The van der Waals surface area contributed by atoms with Crippen LogP contribution in [-0.2, 0) is 6.54 Å². The van der Waals surface area contributed by atoms with E-state index in [-0.39, 0.29) is 6.61 Å². The summed E-state index contributed by atoms with van der Waals surface area (Å²) < 4.78 is 5.58. The van der Waals surface area contributed by atoms with Crippen LogP contribution < -0.4 is 10.1 Å². The second-order valence-electron chi connectivity index (χ2n) is 4.77. The second-order valence-corrected chi connectivity index (χ2v) is 4.77. The first-order valence-electron chi connectivity index (χ1n) is 6.80. The summed E-state index contributed by atoms with van der Waals surface area (Å²) in [4.78, 5) is 4.37. The molecule has 0 atom stereocenters. The third-order valence-corrected chi connectivity index (χ3v) is 3.02. The highest BCUT2D eigenvalue weighted by atomic mass is 16.5. The molecule has 1 heterocycles. The van der Waals surface area contributed by atoms with Crippen molar-refractivity contribution in [3.05, 3.63) is 24.0 Å². The van der Waals surface area contributed by atoms with Crippen molar-refractivity contribution in [1.29, 1.82) is 0 Å². The summed E-state index contributed by atoms with van der Waals surface area (Å²) in [6, 6.07) is 4.70. The number of aliphatic hydroxyl groups is 1. The molecule has 1 aliphatic rings. The van der Waals surface area contributed by atoms with E-state index in [0.29, 0.717) is 12.6 Å². The minimum atomic E-state index is 0.268. The van der Waals surface area contributed by atoms with E-state index in [1.54, 1.807) is 6.20 Å². The van der Waals surface area contributed by atoms with E-state index in [0.717, 1.165) is 37.3 Å². The molecule has 0 bridgehead atoms.